The van der Waals surface area contributed by atoms with Gasteiger partial charge in [0.05, 0.1) is 5.92 Å². The summed E-state index contributed by atoms with van der Waals surface area (Å²) in [7, 11) is 0. The maximum Gasteiger partial charge on any atom is 0.306 e. The van der Waals surface area contributed by atoms with Crippen molar-refractivity contribution >= 4 is 17.3 Å². The van der Waals surface area contributed by atoms with E-state index in [-0.39, 0.29) is 5.92 Å². The Bertz CT molecular complexity index is 358. The van der Waals surface area contributed by atoms with Crippen LogP contribution in [0.1, 0.15) is 37.5 Å². The molecule has 1 aromatic rings. The molecule has 3 heteroatoms. The highest BCUT2D eigenvalue weighted by molar-refractivity contribution is 7.09. The molecule has 2 rings (SSSR count). The van der Waals surface area contributed by atoms with Crippen LogP contribution in [0.2, 0.25) is 0 Å². The molecule has 1 aliphatic rings. The number of thiophene rings is 1. The summed E-state index contributed by atoms with van der Waals surface area (Å²) >= 11 is 1.77. The van der Waals surface area contributed by atoms with Gasteiger partial charge in [-0.05, 0) is 55.4 Å². The lowest BCUT2D eigenvalue weighted by atomic mass is 9.73. The smallest absolute Gasteiger partial charge is 0.306 e. The highest BCUT2D eigenvalue weighted by Crippen LogP contribution is 2.36. The van der Waals surface area contributed by atoms with E-state index in [1.807, 2.05) is 0 Å². The molecule has 1 aromatic heterocycles. The Morgan fingerprint density at radius 1 is 1.53 bits per heavy atom. The van der Waals surface area contributed by atoms with Crippen molar-refractivity contribution in [2.45, 2.75) is 39.0 Å². The fourth-order valence-corrected chi connectivity index (χ4v) is 3.65. The Labute approximate surface area is 107 Å². The van der Waals surface area contributed by atoms with E-state index >= 15 is 0 Å². The van der Waals surface area contributed by atoms with Gasteiger partial charge in [-0.15, -0.1) is 11.3 Å². The third-order valence-electron chi connectivity index (χ3n) is 3.90. The lowest BCUT2D eigenvalue weighted by Crippen LogP contribution is -2.30. The van der Waals surface area contributed by atoms with Crippen molar-refractivity contribution in [3.63, 3.8) is 0 Å². The molecule has 0 radical (unpaired) electrons. The Kier molecular flexibility index (Phi) is 4.21. The van der Waals surface area contributed by atoms with Gasteiger partial charge in [0.1, 0.15) is 0 Å². The van der Waals surface area contributed by atoms with Crippen molar-refractivity contribution in [3.05, 3.63) is 22.4 Å². The average Bonchev–Trinajstić information content (AvgIpc) is 2.78. The van der Waals surface area contributed by atoms with Gasteiger partial charge in [-0.2, -0.15) is 0 Å². The number of hydrogen-bond donors (Lipinski definition) is 1. The summed E-state index contributed by atoms with van der Waals surface area (Å²) < 4.78 is 0. The first-order valence-corrected chi connectivity index (χ1v) is 7.30. The van der Waals surface area contributed by atoms with E-state index in [2.05, 4.69) is 24.4 Å². The number of carboxylic acids is 1. The van der Waals surface area contributed by atoms with Crippen molar-refractivity contribution in [1.29, 1.82) is 0 Å². The maximum atomic E-state index is 11.2. The highest BCUT2D eigenvalue weighted by atomic mass is 32.1. The number of aliphatic carboxylic acids is 1. The SMILES string of the molecule is CC1CCC(C(=O)O)C(CCc2cccs2)C1. The molecule has 17 heavy (non-hydrogen) atoms. The van der Waals surface area contributed by atoms with Crippen molar-refractivity contribution in [1.82, 2.24) is 0 Å². The molecule has 1 aliphatic carbocycles. The van der Waals surface area contributed by atoms with E-state index in [0.717, 1.165) is 32.1 Å². The molecule has 0 amide bonds. The molecule has 3 atom stereocenters. The predicted octanol–water partition coefficient (Wildman–Crippen LogP) is 3.82. The van der Waals surface area contributed by atoms with Gasteiger partial charge in [0.2, 0.25) is 0 Å². The number of carboxylic acid groups (broad SMARTS) is 1. The molecule has 1 heterocycles. The second-order valence-corrected chi connectivity index (χ2v) is 6.27. The van der Waals surface area contributed by atoms with Crippen molar-refractivity contribution < 1.29 is 9.90 Å². The average molecular weight is 252 g/mol. The van der Waals surface area contributed by atoms with Crippen molar-refractivity contribution in [3.8, 4) is 0 Å². The monoisotopic (exact) mass is 252 g/mol. The van der Waals surface area contributed by atoms with E-state index in [4.69, 9.17) is 0 Å². The van der Waals surface area contributed by atoms with E-state index in [1.165, 1.54) is 4.88 Å². The lowest BCUT2D eigenvalue weighted by molar-refractivity contribution is -0.145. The van der Waals surface area contributed by atoms with Crippen LogP contribution < -0.4 is 0 Å². The second kappa shape index (κ2) is 5.67. The minimum Gasteiger partial charge on any atom is -0.481 e. The zero-order valence-electron chi connectivity index (χ0n) is 10.3. The summed E-state index contributed by atoms with van der Waals surface area (Å²) in [6, 6.07) is 4.21. The van der Waals surface area contributed by atoms with Gasteiger partial charge in [0.15, 0.2) is 0 Å². The second-order valence-electron chi connectivity index (χ2n) is 5.24. The zero-order chi connectivity index (χ0) is 12.3. The summed E-state index contributed by atoms with van der Waals surface area (Å²) in [5.41, 5.74) is 0. The molecule has 0 aliphatic heterocycles. The minimum absolute atomic E-state index is 0.105. The van der Waals surface area contributed by atoms with Crippen LogP contribution in [0.5, 0.6) is 0 Å². The fourth-order valence-electron chi connectivity index (χ4n) is 2.93. The van der Waals surface area contributed by atoms with Gasteiger partial charge in [0, 0.05) is 4.88 Å². The predicted molar refractivity (Wildman–Crippen MR) is 70.3 cm³/mol. The van der Waals surface area contributed by atoms with Crippen molar-refractivity contribution in [2.24, 2.45) is 17.8 Å². The number of hydrogen-bond acceptors (Lipinski definition) is 2. The van der Waals surface area contributed by atoms with Gasteiger partial charge in [0.25, 0.3) is 0 Å². The molecule has 0 bridgehead atoms. The van der Waals surface area contributed by atoms with Crippen molar-refractivity contribution in [2.75, 3.05) is 0 Å². The third kappa shape index (κ3) is 3.32. The van der Waals surface area contributed by atoms with Gasteiger partial charge in [-0.3, -0.25) is 4.79 Å². The third-order valence-corrected chi connectivity index (χ3v) is 4.84. The van der Waals surface area contributed by atoms with Gasteiger partial charge >= 0.3 is 5.97 Å². The Balaban J connectivity index is 1.93. The lowest BCUT2D eigenvalue weighted by Gasteiger charge is -2.32. The molecule has 94 valence electrons. The molecule has 1 saturated carbocycles. The summed E-state index contributed by atoms with van der Waals surface area (Å²) in [4.78, 5) is 12.6. The summed E-state index contributed by atoms with van der Waals surface area (Å²) in [6.45, 7) is 2.25. The molecule has 0 spiro atoms. The number of rotatable bonds is 4. The standard InChI is InChI=1S/C14H20O2S/c1-10-4-7-13(14(15)16)11(9-10)5-6-12-3-2-8-17-12/h2-3,8,10-11,13H,4-7,9H2,1H3,(H,15,16). The summed E-state index contributed by atoms with van der Waals surface area (Å²) in [5.74, 6) is 0.372. The molecule has 0 saturated heterocycles. The molecular weight excluding hydrogens is 232 g/mol. The van der Waals surface area contributed by atoms with Crippen LogP contribution in [0.4, 0.5) is 0 Å². The molecule has 3 unspecified atom stereocenters. The topological polar surface area (TPSA) is 37.3 Å². The molecular formula is C14H20O2S. The van der Waals surface area contributed by atoms with Crippen LogP contribution in [-0.2, 0) is 11.2 Å². The van der Waals surface area contributed by atoms with Crippen LogP contribution >= 0.6 is 11.3 Å². The number of aryl methyl sites for hydroxylation is 1. The van der Waals surface area contributed by atoms with Crippen LogP contribution in [-0.4, -0.2) is 11.1 Å². The largest absolute Gasteiger partial charge is 0.481 e. The Morgan fingerprint density at radius 3 is 3.00 bits per heavy atom. The maximum absolute atomic E-state index is 11.2. The Morgan fingerprint density at radius 2 is 2.35 bits per heavy atom. The first kappa shape index (κ1) is 12.6. The van der Waals surface area contributed by atoms with Crippen LogP contribution in [0.25, 0.3) is 0 Å². The van der Waals surface area contributed by atoms with Crippen LogP contribution in [0, 0.1) is 17.8 Å². The fraction of sp³-hybridized carbons (Fsp3) is 0.643. The highest BCUT2D eigenvalue weighted by Gasteiger charge is 2.33. The number of carbonyl (C=O) groups is 1. The van der Waals surface area contributed by atoms with Gasteiger partial charge in [-0.25, -0.2) is 0 Å². The van der Waals surface area contributed by atoms with Crippen LogP contribution in [0.15, 0.2) is 17.5 Å². The normalized spacial score (nSPS) is 29.1. The molecule has 2 nitrogen and oxygen atoms in total. The zero-order valence-corrected chi connectivity index (χ0v) is 11.1. The minimum atomic E-state index is -0.590. The van der Waals surface area contributed by atoms with E-state index < -0.39 is 5.97 Å². The van der Waals surface area contributed by atoms with E-state index in [9.17, 15) is 9.90 Å². The first-order valence-electron chi connectivity index (χ1n) is 6.42. The quantitative estimate of drug-likeness (QED) is 0.884. The Hall–Kier alpha value is -0.830. The molecule has 0 aromatic carbocycles. The van der Waals surface area contributed by atoms with E-state index in [0.29, 0.717) is 11.8 Å². The molecule has 1 N–H and O–H groups in total. The van der Waals surface area contributed by atoms with Gasteiger partial charge < -0.3 is 5.11 Å². The molecule has 1 fully saturated rings. The summed E-state index contributed by atoms with van der Waals surface area (Å²) in [5, 5.41) is 11.3. The summed E-state index contributed by atoms with van der Waals surface area (Å²) in [6.07, 6.45) is 5.10. The van der Waals surface area contributed by atoms with Gasteiger partial charge in [-0.1, -0.05) is 13.0 Å². The first-order chi connectivity index (χ1) is 8.16. The van der Waals surface area contributed by atoms with Crippen LogP contribution in [0.3, 0.4) is 0 Å². The van der Waals surface area contributed by atoms with E-state index in [1.54, 1.807) is 11.3 Å².